The number of hydrogen-bond donors (Lipinski definition) is 1. The number of Topliss-reactive ketones (excluding diaryl/α,β-unsaturated/α-hetero) is 1. The van der Waals surface area contributed by atoms with Crippen LogP contribution in [0.1, 0.15) is 37.0 Å². The lowest BCUT2D eigenvalue weighted by Gasteiger charge is -2.24. The largest absolute Gasteiger partial charge is 0.573 e. The van der Waals surface area contributed by atoms with E-state index >= 15 is 0 Å². The van der Waals surface area contributed by atoms with Crippen LogP contribution in [0, 0.1) is 0 Å². The Bertz CT molecular complexity index is 451. The number of hydrogen-bond acceptors (Lipinski definition) is 3. The molecule has 1 aromatic rings. The number of rotatable bonds is 5. The van der Waals surface area contributed by atoms with Gasteiger partial charge in [-0.2, -0.15) is 0 Å². The molecule has 3 nitrogen and oxygen atoms in total. The molecule has 6 heteroatoms. The number of carbonyl (C=O) groups is 1. The number of benzene rings is 1. The van der Waals surface area contributed by atoms with Gasteiger partial charge in [0.1, 0.15) is 11.4 Å². The first-order valence-electron chi connectivity index (χ1n) is 5.85. The monoisotopic (exact) mass is 276 g/mol. The fourth-order valence-corrected chi connectivity index (χ4v) is 1.69. The van der Waals surface area contributed by atoms with Crippen molar-refractivity contribution in [3.63, 3.8) is 0 Å². The van der Waals surface area contributed by atoms with Crippen molar-refractivity contribution in [2.24, 2.45) is 0 Å². The highest BCUT2D eigenvalue weighted by Gasteiger charge is 2.37. The van der Waals surface area contributed by atoms with E-state index in [1.54, 1.807) is 13.8 Å². The predicted octanol–water partition coefficient (Wildman–Crippen LogP) is 3.32. The second kappa shape index (κ2) is 5.61. The fraction of sp³-hybridized carbons (Fsp3) is 0.462. The third-order valence-corrected chi connectivity index (χ3v) is 2.95. The van der Waals surface area contributed by atoms with Crippen molar-refractivity contribution in [1.29, 1.82) is 0 Å². The molecule has 0 radical (unpaired) electrons. The Kier molecular flexibility index (Phi) is 4.57. The molecule has 1 N–H and O–H groups in total. The fourth-order valence-electron chi connectivity index (χ4n) is 1.69. The van der Waals surface area contributed by atoms with Gasteiger partial charge >= 0.3 is 6.36 Å². The average Bonchev–Trinajstić information content (AvgIpc) is 2.36. The van der Waals surface area contributed by atoms with E-state index in [2.05, 4.69) is 4.74 Å². The zero-order valence-electron chi connectivity index (χ0n) is 10.6. The van der Waals surface area contributed by atoms with Crippen LogP contribution in [0.25, 0.3) is 0 Å². The molecule has 0 unspecified atom stereocenters. The lowest BCUT2D eigenvalue weighted by atomic mass is 9.88. The van der Waals surface area contributed by atoms with Gasteiger partial charge in [-0.05, 0) is 25.0 Å². The SMILES string of the molecule is CCC(O)(CC)C(=O)c1ccccc1OC(F)(F)F. The molecule has 0 aliphatic heterocycles. The molecule has 106 valence electrons. The zero-order valence-corrected chi connectivity index (χ0v) is 10.6. The molecule has 1 rings (SSSR count). The van der Waals surface area contributed by atoms with E-state index < -0.39 is 23.5 Å². The Hall–Kier alpha value is -1.56. The Balaban J connectivity index is 3.17. The van der Waals surface area contributed by atoms with Gasteiger partial charge in [-0.15, -0.1) is 13.2 Å². The van der Waals surface area contributed by atoms with Crippen LogP contribution in [-0.2, 0) is 0 Å². The van der Waals surface area contributed by atoms with Crippen molar-refractivity contribution in [3.8, 4) is 5.75 Å². The Labute approximate surface area is 109 Å². The quantitative estimate of drug-likeness (QED) is 0.839. The maximum absolute atomic E-state index is 12.2. The number of para-hydroxylation sites is 1. The van der Waals surface area contributed by atoms with Crippen molar-refractivity contribution >= 4 is 5.78 Å². The van der Waals surface area contributed by atoms with Crippen LogP contribution in [-0.4, -0.2) is 22.9 Å². The van der Waals surface area contributed by atoms with Gasteiger partial charge in [-0.25, -0.2) is 0 Å². The van der Waals surface area contributed by atoms with Crippen LogP contribution < -0.4 is 4.74 Å². The molecular weight excluding hydrogens is 261 g/mol. The standard InChI is InChI=1S/C13H15F3O3/c1-3-12(18,4-2)11(17)9-7-5-6-8-10(9)19-13(14,15)16/h5-8,18H,3-4H2,1-2H3. The molecule has 0 saturated carbocycles. The van der Waals surface area contributed by atoms with Crippen LogP contribution in [0.3, 0.4) is 0 Å². The molecule has 0 amide bonds. The molecule has 1 aromatic carbocycles. The molecule has 0 aromatic heterocycles. The van der Waals surface area contributed by atoms with Crippen molar-refractivity contribution in [2.75, 3.05) is 0 Å². The highest BCUT2D eigenvalue weighted by atomic mass is 19.4. The van der Waals surface area contributed by atoms with Crippen LogP contribution in [0.2, 0.25) is 0 Å². The molecule has 0 aliphatic carbocycles. The summed E-state index contributed by atoms with van der Waals surface area (Å²) >= 11 is 0. The lowest BCUT2D eigenvalue weighted by molar-refractivity contribution is -0.274. The van der Waals surface area contributed by atoms with Gasteiger partial charge in [-0.3, -0.25) is 4.79 Å². The summed E-state index contributed by atoms with van der Waals surface area (Å²) in [7, 11) is 0. The summed E-state index contributed by atoms with van der Waals surface area (Å²) in [5.74, 6) is -1.36. The smallest absolute Gasteiger partial charge is 0.405 e. The van der Waals surface area contributed by atoms with E-state index in [1.165, 1.54) is 18.2 Å². The minimum Gasteiger partial charge on any atom is -0.405 e. The number of halogens is 3. The van der Waals surface area contributed by atoms with Crippen LogP contribution >= 0.6 is 0 Å². The van der Waals surface area contributed by atoms with Crippen LogP contribution in [0.4, 0.5) is 13.2 Å². The highest BCUT2D eigenvalue weighted by molar-refractivity contribution is 6.04. The van der Waals surface area contributed by atoms with Gasteiger partial charge in [0.25, 0.3) is 0 Å². The van der Waals surface area contributed by atoms with Crippen molar-refractivity contribution in [3.05, 3.63) is 29.8 Å². The molecular formula is C13H15F3O3. The first-order valence-corrected chi connectivity index (χ1v) is 5.85. The maximum Gasteiger partial charge on any atom is 0.573 e. The summed E-state index contributed by atoms with van der Waals surface area (Å²) < 4.78 is 40.6. The van der Waals surface area contributed by atoms with Crippen molar-refractivity contribution < 1.29 is 27.8 Å². The molecule has 0 saturated heterocycles. The summed E-state index contributed by atoms with van der Waals surface area (Å²) in [6.45, 7) is 3.18. The number of ketones is 1. The van der Waals surface area contributed by atoms with E-state index in [9.17, 15) is 23.1 Å². The molecule has 0 atom stereocenters. The maximum atomic E-state index is 12.2. The van der Waals surface area contributed by atoms with Gasteiger partial charge in [-0.1, -0.05) is 26.0 Å². The van der Waals surface area contributed by atoms with E-state index in [-0.39, 0.29) is 18.4 Å². The molecule has 0 heterocycles. The zero-order chi connectivity index (χ0) is 14.7. The van der Waals surface area contributed by atoms with Crippen LogP contribution in [0.5, 0.6) is 5.75 Å². The van der Waals surface area contributed by atoms with E-state index in [1.807, 2.05) is 0 Å². The summed E-state index contributed by atoms with van der Waals surface area (Å²) in [5, 5.41) is 10.1. The van der Waals surface area contributed by atoms with Gasteiger partial charge in [0, 0.05) is 0 Å². The third kappa shape index (κ3) is 3.70. The van der Waals surface area contributed by atoms with Crippen molar-refractivity contribution in [1.82, 2.24) is 0 Å². The summed E-state index contributed by atoms with van der Waals surface area (Å²) in [4.78, 5) is 12.1. The second-order valence-electron chi connectivity index (χ2n) is 4.11. The van der Waals surface area contributed by atoms with Crippen LogP contribution in [0.15, 0.2) is 24.3 Å². The number of carbonyl (C=O) groups excluding carboxylic acids is 1. The topological polar surface area (TPSA) is 46.5 Å². The summed E-state index contributed by atoms with van der Waals surface area (Å²) in [5.41, 5.74) is -1.95. The minimum absolute atomic E-state index is 0.114. The second-order valence-corrected chi connectivity index (χ2v) is 4.11. The van der Waals surface area contributed by atoms with E-state index in [0.717, 1.165) is 6.07 Å². The van der Waals surface area contributed by atoms with E-state index in [4.69, 9.17) is 0 Å². The number of ether oxygens (including phenoxy) is 1. The Morgan fingerprint density at radius 2 is 1.74 bits per heavy atom. The molecule has 19 heavy (non-hydrogen) atoms. The summed E-state index contributed by atoms with van der Waals surface area (Å²) in [6.07, 6.45) is -4.65. The normalized spacial score (nSPS) is 12.3. The highest BCUT2D eigenvalue weighted by Crippen LogP contribution is 2.30. The Morgan fingerprint density at radius 3 is 2.21 bits per heavy atom. The number of aliphatic hydroxyl groups is 1. The Morgan fingerprint density at radius 1 is 1.21 bits per heavy atom. The van der Waals surface area contributed by atoms with Gasteiger partial charge < -0.3 is 9.84 Å². The van der Waals surface area contributed by atoms with Gasteiger partial charge in [0.15, 0.2) is 5.78 Å². The lowest BCUT2D eigenvalue weighted by Crippen LogP contribution is -2.37. The van der Waals surface area contributed by atoms with Gasteiger partial charge in [0.05, 0.1) is 5.56 Å². The van der Waals surface area contributed by atoms with Crippen molar-refractivity contribution in [2.45, 2.75) is 38.7 Å². The van der Waals surface area contributed by atoms with Gasteiger partial charge in [0.2, 0.25) is 0 Å². The summed E-state index contributed by atoms with van der Waals surface area (Å²) in [6, 6.07) is 5.00. The average molecular weight is 276 g/mol. The molecule has 0 fully saturated rings. The predicted molar refractivity (Wildman–Crippen MR) is 63.0 cm³/mol. The van der Waals surface area contributed by atoms with E-state index in [0.29, 0.717) is 0 Å². The third-order valence-electron chi connectivity index (χ3n) is 2.95. The number of alkyl halides is 3. The first-order chi connectivity index (χ1) is 8.73. The minimum atomic E-state index is -4.88. The molecule has 0 aliphatic rings. The first kappa shape index (κ1) is 15.5. The molecule has 0 bridgehead atoms. The molecule has 0 spiro atoms.